The molecule has 2 aromatic rings. The molecule has 0 aromatic heterocycles. The highest BCUT2D eigenvalue weighted by molar-refractivity contribution is 7.96. The van der Waals surface area contributed by atoms with Crippen LogP contribution in [0.3, 0.4) is 0 Å². The van der Waals surface area contributed by atoms with Gasteiger partial charge in [0.25, 0.3) is 0 Å². The Morgan fingerprint density at radius 2 is 2.03 bits per heavy atom. The van der Waals surface area contributed by atoms with Gasteiger partial charge in [-0.1, -0.05) is 47.5 Å². The number of carbonyl (C=O) groups is 2. The molecule has 5 atom stereocenters. The van der Waals surface area contributed by atoms with E-state index in [2.05, 4.69) is 5.32 Å². The molecule has 1 fully saturated rings. The smallest absolute Gasteiger partial charge is 0.167 e. The van der Waals surface area contributed by atoms with Crippen LogP contribution in [0.4, 0.5) is 3.89 Å². The number of benzene rings is 2. The third-order valence-electron chi connectivity index (χ3n) is 7.20. The first-order valence-electron chi connectivity index (χ1n) is 11.3. The van der Waals surface area contributed by atoms with Crippen LogP contribution < -0.4 is 15.8 Å². The lowest BCUT2D eigenvalue weighted by molar-refractivity contribution is -0.119. The normalized spacial score (nSPS) is 27.7. The van der Waals surface area contributed by atoms with Gasteiger partial charge in [-0.25, -0.2) is 0 Å². The molecule has 3 N–H and O–H groups in total. The second-order valence-electron chi connectivity index (χ2n) is 9.24. The number of rotatable bonds is 9. The number of aldehydes is 1. The number of nitrogens with one attached hydrogen (secondary N) is 1. The molecule has 34 heavy (non-hydrogen) atoms. The summed E-state index contributed by atoms with van der Waals surface area (Å²) in [4.78, 5) is 23.7. The summed E-state index contributed by atoms with van der Waals surface area (Å²) < 4.78 is 18.7. The molecule has 0 aliphatic heterocycles. The van der Waals surface area contributed by atoms with Gasteiger partial charge in [0.15, 0.2) is 5.78 Å². The molecule has 0 heterocycles. The molecular formula is C26H32ClFN2O3S. The average Bonchev–Trinajstić information content (AvgIpc) is 2.83. The van der Waals surface area contributed by atoms with Crippen molar-refractivity contribution < 1.29 is 18.2 Å². The summed E-state index contributed by atoms with van der Waals surface area (Å²) >= 11 is 6.77. The second-order valence-corrected chi connectivity index (χ2v) is 10.5. The van der Waals surface area contributed by atoms with Crippen molar-refractivity contribution in [2.75, 3.05) is 13.7 Å². The summed E-state index contributed by atoms with van der Waals surface area (Å²) in [6, 6.07) is 13.0. The Bertz CT molecular complexity index is 1040. The minimum atomic E-state index is -1.42. The van der Waals surface area contributed by atoms with Crippen LogP contribution in [-0.4, -0.2) is 42.1 Å². The second kappa shape index (κ2) is 10.8. The fraction of sp³-hybridized carbons (Fsp3) is 0.462. The van der Waals surface area contributed by atoms with Crippen LogP contribution in [0.5, 0.6) is 5.75 Å². The lowest BCUT2D eigenvalue weighted by Crippen LogP contribution is -2.73. The molecule has 5 nitrogen and oxygen atoms in total. The molecule has 0 radical (unpaired) electrons. The predicted octanol–water partition coefficient (Wildman–Crippen LogP) is 5.14. The SMILES string of the molecule is CNC(C)C1(N)C(c2ccc(C)cc2)C(c2ccc(OCC(C)=O)cc2Cl)CCC1(C=O)SF. The van der Waals surface area contributed by atoms with E-state index in [4.69, 9.17) is 22.1 Å². The highest BCUT2D eigenvalue weighted by Gasteiger charge is 2.62. The van der Waals surface area contributed by atoms with Crippen molar-refractivity contribution in [2.24, 2.45) is 5.73 Å². The van der Waals surface area contributed by atoms with Gasteiger partial charge in [-0.05, 0) is 69.8 Å². The molecular weight excluding hydrogens is 475 g/mol. The van der Waals surface area contributed by atoms with Crippen LogP contribution in [0.15, 0.2) is 42.5 Å². The predicted molar refractivity (Wildman–Crippen MR) is 136 cm³/mol. The highest BCUT2D eigenvalue weighted by Crippen LogP contribution is 2.58. The summed E-state index contributed by atoms with van der Waals surface area (Å²) in [6.07, 6.45) is 1.48. The van der Waals surface area contributed by atoms with E-state index in [1.54, 1.807) is 19.2 Å². The van der Waals surface area contributed by atoms with Crippen molar-refractivity contribution >= 4 is 35.8 Å². The Hall–Kier alpha value is -1.93. The molecule has 0 amide bonds. The Balaban J connectivity index is 2.18. The topological polar surface area (TPSA) is 81.4 Å². The molecule has 0 spiro atoms. The largest absolute Gasteiger partial charge is 0.486 e. The number of likely N-dealkylation sites (N-methyl/N-ethyl adjacent to an activating group) is 1. The molecule has 5 unspecified atom stereocenters. The number of carbonyl (C=O) groups excluding carboxylic acids is 2. The molecule has 3 rings (SSSR count). The maximum atomic E-state index is 14.6. The maximum Gasteiger partial charge on any atom is 0.167 e. The van der Waals surface area contributed by atoms with E-state index >= 15 is 0 Å². The quantitative estimate of drug-likeness (QED) is 0.458. The molecule has 0 saturated heterocycles. The van der Waals surface area contributed by atoms with Gasteiger partial charge in [-0.3, -0.25) is 4.79 Å². The first-order valence-corrected chi connectivity index (χ1v) is 12.4. The van der Waals surface area contributed by atoms with E-state index in [0.717, 1.165) is 16.7 Å². The standard InChI is InChI=1S/C26H32ClFN2O3S/c1-16-5-7-19(8-6-16)24-22(21-10-9-20(13-23(21)27)33-14-17(2)32)11-12-25(15-31,34-28)26(24,29)18(3)30-4/h5-10,13,15,18,22,24,30H,11-12,14,29H2,1-4H3. The monoisotopic (exact) mass is 506 g/mol. The summed E-state index contributed by atoms with van der Waals surface area (Å²) in [5.74, 6) is -0.164. The van der Waals surface area contributed by atoms with Gasteiger partial charge in [0.2, 0.25) is 0 Å². The fourth-order valence-corrected chi connectivity index (χ4v) is 6.19. The van der Waals surface area contributed by atoms with Gasteiger partial charge in [-0.2, -0.15) is 3.89 Å². The van der Waals surface area contributed by atoms with E-state index in [1.807, 2.05) is 44.2 Å². The molecule has 184 valence electrons. The third-order valence-corrected chi connectivity index (χ3v) is 8.46. The zero-order chi connectivity index (χ0) is 25.1. The third kappa shape index (κ3) is 4.76. The Morgan fingerprint density at radius 1 is 1.35 bits per heavy atom. The summed E-state index contributed by atoms with van der Waals surface area (Å²) in [7, 11) is 1.77. The van der Waals surface area contributed by atoms with Crippen LogP contribution in [-0.2, 0) is 9.59 Å². The van der Waals surface area contributed by atoms with Gasteiger partial charge >= 0.3 is 0 Å². The van der Waals surface area contributed by atoms with Gasteiger partial charge in [0.05, 0.1) is 17.7 Å². The maximum absolute atomic E-state index is 14.6. The minimum absolute atomic E-state index is 0.0354. The first kappa shape index (κ1) is 26.7. The molecule has 8 heteroatoms. The van der Waals surface area contributed by atoms with E-state index in [-0.39, 0.29) is 42.9 Å². The molecule has 2 aromatic carbocycles. The number of ketones is 1. The lowest BCUT2D eigenvalue weighted by Gasteiger charge is -2.57. The number of hydrogen-bond acceptors (Lipinski definition) is 6. The van der Waals surface area contributed by atoms with Crippen molar-refractivity contribution in [3.8, 4) is 5.75 Å². The van der Waals surface area contributed by atoms with Crippen molar-refractivity contribution in [2.45, 2.75) is 61.8 Å². The van der Waals surface area contributed by atoms with E-state index in [1.165, 1.54) is 6.92 Å². The summed E-state index contributed by atoms with van der Waals surface area (Å²) in [5, 5.41) is 3.66. The van der Waals surface area contributed by atoms with Crippen molar-refractivity contribution in [1.82, 2.24) is 5.32 Å². The molecule has 0 bridgehead atoms. The Kier molecular flexibility index (Phi) is 8.45. The van der Waals surface area contributed by atoms with Crippen molar-refractivity contribution in [1.29, 1.82) is 0 Å². The molecule has 1 aliphatic carbocycles. The average molecular weight is 507 g/mol. The van der Waals surface area contributed by atoms with E-state index < -0.39 is 16.2 Å². The van der Waals surface area contributed by atoms with Crippen LogP contribution in [0, 0.1) is 6.92 Å². The van der Waals surface area contributed by atoms with Gasteiger partial charge in [-0.15, -0.1) is 0 Å². The summed E-state index contributed by atoms with van der Waals surface area (Å²) in [6.45, 7) is 5.30. The van der Waals surface area contributed by atoms with Crippen molar-refractivity contribution in [3.05, 3.63) is 64.2 Å². The highest BCUT2D eigenvalue weighted by atomic mass is 35.5. The van der Waals surface area contributed by atoms with Crippen LogP contribution in [0.1, 0.15) is 55.2 Å². The number of ether oxygens (including phenoxy) is 1. The van der Waals surface area contributed by atoms with E-state index in [9.17, 15) is 13.5 Å². The van der Waals surface area contributed by atoms with Crippen LogP contribution in [0.25, 0.3) is 0 Å². The first-order chi connectivity index (χ1) is 16.1. The minimum Gasteiger partial charge on any atom is -0.486 e. The van der Waals surface area contributed by atoms with Crippen LogP contribution >= 0.6 is 23.7 Å². The number of aryl methyl sites for hydroxylation is 1. The van der Waals surface area contributed by atoms with Gasteiger partial charge in [0, 0.05) is 17.0 Å². The van der Waals surface area contributed by atoms with E-state index in [0.29, 0.717) is 23.5 Å². The number of halogens is 2. The van der Waals surface area contributed by atoms with Crippen LogP contribution in [0.2, 0.25) is 5.02 Å². The number of Topliss-reactive ketones (excluding diaryl/α,β-unsaturated/α-hetero) is 1. The lowest BCUT2D eigenvalue weighted by atomic mass is 9.55. The van der Waals surface area contributed by atoms with Gasteiger partial charge in [0.1, 0.15) is 23.4 Å². The summed E-state index contributed by atoms with van der Waals surface area (Å²) in [5.41, 5.74) is 8.77. The zero-order valence-corrected chi connectivity index (χ0v) is 21.5. The molecule has 1 aliphatic rings. The number of nitrogens with two attached hydrogens (primary N) is 1. The zero-order valence-electron chi connectivity index (χ0n) is 19.9. The number of hydrogen-bond donors (Lipinski definition) is 2. The van der Waals surface area contributed by atoms with Crippen molar-refractivity contribution in [3.63, 3.8) is 0 Å². The van der Waals surface area contributed by atoms with Gasteiger partial charge < -0.3 is 20.6 Å². The molecule has 1 saturated carbocycles. The Labute approximate surface area is 210 Å². The fourth-order valence-electron chi connectivity index (χ4n) is 5.21. The Morgan fingerprint density at radius 3 is 2.56 bits per heavy atom.